The lowest BCUT2D eigenvalue weighted by Crippen LogP contribution is -2.33. The molecule has 1 aromatic carbocycles. The predicted octanol–water partition coefficient (Wildman–Crippen LogP) is 2.01. The van der Waals surface area contributed by atoms with Gasteiger partial charge in [-0.3, -0.25) is 14.9 Å². The van der Waals surface area contributed by atoms with Crippen molar-refractivity contribution in [2.75, 3.05) is 13.7 Å². The summed E-state index contributed by atoms with van der Waals surface area (Å²) in [4.78, 5) is 35.2. The van der Waals surface area contributed by atoms with Crippen molar-refractivity contribution in [2.45, 2.75) is 0 Å². The van der Waals surface area contributed by atoms with Crippen molar-refractivity contribution < 1.29 is 28.2 Å². The van der Waals surface area contributed by atoms with E-state index in [1.165, 1.54) is 30.6 Å². The number of thiophene rings is 1. The zero-order valence-corrected chi connectivity index (χ0v) is 12.8. The summed E-state index contributed by atoms with van der Waals surface area (Å²) >= 11 is 1.17. The molecule has 0 saturated carbocycles. The first-order chi connectivity index (χ1) is 11.0. The molecule has 0 aliphatic heterocycles. The van der Waals surface area contributed by atoms with Gasteiger partial charge in [0.25, 0.3) is 11.8 Å². The number of esters is 1. The smallest absolute Gasteiger partial charge is 0.341 e. The van der Waals surface area contributed by atoms with E-state index in [0.29, 0.717) is 4.88 Å². The molecule has 0 unspecified atom stereocenters. The molecule has 6 nitrogen and oxygen atoms in total. The summed E-state index contributed by atoms with van der Waals surface area (Å²) in [5.41, 5.74) is -0.330. The Labute approximate surface area is 134 Å². The van der Waals surface area contributed by atoms with Gasteiger partial charge in [0, 0.05) is 6.07 Å². The molecule has 0 atom stereocenters. The van der Waals surface area contributed by atoms with Crippen molar-refractivity contribution >= 4 is 29.1 Å². The summed E-state index contributed by atoms with van der Waals surface area (Å²) in [5.74, 6) is -2.98. The lowest BCUT2D eigenvalue weighted by molar-refractivity contribution is -0.123. The van der Waals surface area contributed by atoms with Gasteiger partial charge in [-0.1, -0.05) is 6.07 Å². The minimum atomic E-state index is -1.01. The molecular formula is C15H12FNO5S. The van der Waals surface area contributed by atoms with Gasteiger partial charge in [0.1, 0.15) is 11.6 Å². The van der Waals surface area contributed by atoms with Crippen LogP contribution in [0.25, 0.3) is 0 Å². The number of halogens is 1. The van der Waals surface area contributed by atoms with E-state index in [0.717, 1.165) is 6.07 Å². The average molecular weight is 337 g/mol. The molecule has 0 saturated heterocycles. The molecule has 120 valence electrons. The number of rotatable bonds is 5. The lowest BCUT2D eigenvalue weighted by atomic mass is 10.2. The van der Waals surface area contributed by atoms with Gasteiger partial charge in [0.15, 0.2) is 6.61 Å². The third-order valence-corrected chi connectivity index (χ3v) is 3.60. The van der Waals surface area contributed by atoms with E-state index in [2.05, 4.69) is 10.1 Å². The maximum absolute atomic E-state index is 13.7. The predicted molar refractivity (Wildman–Crippen MR) is 80.0 cm³/mol. The van der Waals surface area contributed by atoms with Gasteiger partial charge in [-0.25, -0.2) is 9.18 Å². The zero-order chi connectivity index (χ0) is 16.8. The summed E-state index contributed by atoms with van der Waals surface area (Å²) in [6, 6.07) is 6.81. The number of ether oxygens (including phenoxy) is 2. The number of carbonyl (C=O) groups excluding carboxylic acids is 3. The van der Waals surface area contributed by atoms with Gasteiger partial charge in [0.2, 0.25) is 0 Å². The maximum Gasteiger partial charge on any atom is 0.341 e. The summed E-state index contributed by atoms with van der Waals surface area (Å²) < 4.78 is 23.2. The van der Waals surface area contributed by atoms with Crippen LogP contribution in [0.15, 0.2) is 35.7 Å². The van der Waals surface area contributed by atoms with Crippen molar-refractivity contribution in [2.24, 2.45) is 0 Å². The molecule has 2 aromatic rings. The molecule has 1 aromatic heterocycles. The molecule has 0 spiro atoms. The Hall–Kier alpha value is -2.74. The fourth-order valence-electron chi connectivity index (χ4n) is 1.63. The molecular weight excluding hydrogens is 325 g/mol. The van der Waals surface area contributed by atoms with Crippen molar-refractivity contribution in [1.82, 2.24) is 5.32 Å². The van der Waals surface area contributed by atoms with Gasteiger partial charge in [-0.05, 0) is 23.6 Å². The van der Waals surface area contributed by atoms with Crippen molar-refractivity contribution in [3.63, 3.8) is 0 Å². The number of amides is 2. The van der Waals surface area contributed by atoms with Crippen LogP contribution in [0.3, 0.4) is 0 Å². The molecule has 0 bridgehead atoms. The topological polar surface area (TPSA) is 81.7 Å². The standard InChI is InChI=1S/C15H12FNO5S/c1-21-9-4-5-10(11(16)7-9)15(20)22-8-13(18)17-14(19)12-3-2-6-23-12/h2-7H,8H2,1H3,(H,17,18,19). The van der Waals surface area contributed by atoms with Crippen LogP contribution in [0.5, 0.6) is 5.75 Å². The number of carbonyl (C=O) groups is 3. The zero-order valence-electron chi connectivity index (χ0n) is 12.0. The van der Waals surface area contributed by atoms with Crippen LogP contribution in [0, 0.1) is 5.82 Å². The number of hydrogen-bond donors (Lipinski definition) is 1. The highest BCUT2D eigenvalue weighted by Gasteiger charge is 2.17. The average Bonchev–Trinajstić information content (AvgIpc) is 3.07. The first-order valence-corrected chi connectivity index (χ1v) is 7.27. The largest absolute Gasteiger partial charge is 0.497 e. The summed E-state index contributed by atoms with van der Waals surface area (Å²) in [6.45, 7) is -0.693. The highest BCUT2D eigenvalue weighted by Crippen LogP contribution is 2.17. The number of benzene rings is 1. The monoisotopic (exact) mass is 337 g/mol. The van der Waals surface area contributed by atoms with Gasteiger partial charge < -0.3 is 9.47 Å². The summed E-state index contributed by atoms with van der Waals surface area (Å²) in [7, 11) is 1.36. The Morgan fingerprint density at radius 1 is 1.26 bits per heavy atom. The fraction of sp³-hybridized carbons (Fsp3) is 0.133. The molecule has 23 heavy (non-hydrogen) atoms. The van der Waals surface area contributed by atoms with E-state index in [4.69, 9.17) is 4.74 Å². The van der Waals surface area contributed by atoms with Crippen molar-refractivity contribution in [3.05, 3.63) is 52.0 Å². The van der Waals surface area contributed by atoms with Crippen molar-refractivity contribution in [1.29, 1.82) is 0 Å². The number of imide groups is 1. The molecule has 2 rings (SSSR count). The second-order valence-corrected chi connectivity index (χ2v) is 5.22. The van der Waals surface area contributed by atoms with E-state index in [9.17, 15) is 18.8 Å². The van der Waals surface area contributed by atoms with Gasteiger partial charge >= 0.3 is 5.97 Å². The van der Waals surface area contributed by atoms with Gasteiger partial charge in [0.05, 0.1) is 17.6 Å². The van der Waals surface area contributed by atoms with E-state index in [-0.39, 0.29) is 11.3 Å². The molecule has 1 N–H and O–H groups in total. The second-order valence-electron chi connectivity index (χ2n) is 4.28. The quantitative estimate of drug-likeness (QED) is 0.844. The highest BCUT2D eigenvalue weighted by atomic mass is 32.1. The first-order valence-electron chi connectivity index (χ1n) is 6.39. The Kier molecular flexibility index (Phi) is 5.42. The van der Waals surface area contributed by atoms with E-state index < -0.39 is 30.2 Å². The third-order valence-electron chi connectivity index (χ3n) is 2.73. The normalized spacial score (nSPS) is 10.0. The number of nitrogens with one attached hydrogen (secondary N) is 1. The molecule has 1 heterocycles. The number of methoxy groups -OCH3 is 1. The van der Waals surface area contributed by atoms with Gasteiger partial charge in [-0.2, -0.15) is 0 Å². The van der Waals surface area contributed by atoms with Crippen LogP contribution in [-0.2, 0) is 9.53 Å². The minimum Gasteiger partial charge on any atom is -0.497 e. The highest BCUT2D eigenvalue weighted by molar-refractivity contribution is 7.12. The van der Waals surface area contributed by atoms with Gasteiger partial charge in [-0.15, -0.1) is 11.3 Å². The maximum atomic E-state index is 13.7. The molecule has 0 fully saturated rings. The van der Waals surface area contributed by atoms with E-state index >= 15 is 0 Å². The Morgan fingerprint density at radius 2 is 2.04 bits per heavy atom. The SMILES string of the molecule is COc1ccc(C(=O)OCC(=O)NC(=O)c2cccs2)c(F)c1. The fourth-order valence-corrected chi connectivity index (χ4v) is 2.25. The molecule has 8 heteroatoms. The van der Waals surface area contributed by atoms with Crippen LogP contribution >= 0.6 is 11.3 Å². The van der Waals surface area contributed by atoms with E-state index in [1.807, 2.05) is 0 Å². The van der Waals surface area contributed by atoms with Crippen LogP contribution in [-0.4, -0.2) is 31.5 Å². The lowest BCUT2D eigenvalue weighted by Gasteiger charge is -2.07. The summed E-state index contributed by atoms with van der Waals surface area (Å²) in [5, 5.41) is 3.75. The van der Waals surface area contributed by atoms with Crippen molar-refractivity contribution in [3.8, 4) is 5.75 Å². The molecule has 0 radical (unpaired) electrons. The van der Waals surface area contributed by atoms with Crippen LogP contribution < -0.4 is 10.1 Å². The van der Waals surface area contributed by atoms with Crippen LogP contribution in [0.1, 0.15) is 20.0 Å². The third kappa shape index (κ3) is 4.36. The molecule has 0 aliphatic carbocycles. The first kappa shape index (κ1) is 16.6. The Bertz CT molecular complexity index is 729. The number of hydrogen-bond acceptors (Lipinski definition) is 6. The van der Waals surface area contributed by atoms with Crippen LogP contribution in [0.2, 0.25) is 0 Å². The minimum absolute atomic E-state index is 0.248. The van der Waals surface area contributed by atoms with Crippen LogP contribution in [0.4, 0.5) is 4.39 Å². The molecule has 2 amide bonds. The second kappa shape index (κ2) is 7.50. The summed E-state index contributed by atoms with van der Waals surface area (Å²) in [6.07, 6.45) is 0. The van der Waals surface area contributed by atoms with E-state index in [1.54, 1.807) is 17.5 Å². The molecule has 0 aliphatic rings. The Balaban J connectivity index is 1.89. The Morgan fingerprint density at radius 3 is 2.65 bits per heavy atom.